The summed E-state index contributed by atoms with van der Waals surface area (Å²) in [4.78, 5) is 12.1. The van der Waals surface area contributed by atoms with Crippen molar-refractivity contribution in [2.75, 3.05) is 24.2 Å². The van der Waals surface area contributed by atoms with Gasteiger partial charge in [-0.1, -0.05) is 37.3 Å². The van der Waals surface area contributed by atoms with Gasteiger partial charge in [-0.3, -0.25) is 0 Å². The van der Waals surface area contributed by atoms with Gasteiger partial charge in [-0.25, -0.2) is 0 Å². The number of anilines is 2. The van der Waals surface area contributed by atoms with Crippen molar-refractivity contribution < 1.29 is 4.74 Å². The van der Waals surface area contributed by atoms with Crippen molar-refractivity contribution in [3.05, 3.63) is 35.9 Å². The molecular weight excluding hydrogens is 254 g/mol. The highest BCUT2D eigenvalue weighted by molar-refractivity contribution is 5.33. The van der Waals surface area contributed by atoms with Crippen LogP contribution in [-0.2, 0) is 0 Å². The van der Waals surface area contributed by atoms with Crippen molar-refractivity contribution in [2.24, 2.45) is 0 Å². The number of aromatic nitrogens is 3. The Hall–Kier alpha value is -2.37. The van der Waals surface area contributed by atoms with Crippen LogP contribution in [-0.4, -0.2) is 28.1 Å². The van der Waals surface area contributed by atoms with E-state index >= 15 is 0 Å². The first kappa shape index (κ1) is 14.0. The maximum absolute atomic E-state index is 5.62. The SMILES string of the molecule is CCOc1nc(N)nc(NCC(C)c2ccccc2)n1. The van der Waals surface area contributed by atoms with E-state index in [0.717, 1.165) is 0 Å². The molecule has 1 aromatic heterocycles. The van der Waals surface area contributed by atoms with E-state index in [1.807, 2.05) is 25.1 Å². The van der Waals surface area contributed by atoms with Gasteiger partial charge < -0.3 is 15.8 Å². The number of nitrogens with one attached hydrogen (secondary N) is 1. The number of nitrogens with two attached hydrogens (primary N) is 1. The van der Waals surface area contributed by atoms with Crippen LogP contribution in [0.3, 0.4) is 0 Å². The molecule has 20 heavy (non-hydrogen) atoms. The summed E-state index contributed by atoms with van der Waals surface area (Å²) in [6, 6.07) is 10.5. The molecule has 6 heteroatoms. The molecule has 1 unspecified atom stereocenters. The highest BCUT2D eigenvalue weighted by Crippen LogP contribution is 2.15. The van der Waals surface area contributed by atoms with Crippen molar-refractivity contribution in [1.29, 1.82) is 0 Å². The average Bonchev–Trinajstić information content (AvgIpc) is 2.45. The minimum atomic E-state index is 0.151. The van der Waals surface area contributed by atoms with E-state index in [1.165, 1.54) is 5.56 Å². The van der Waals surface area contributed by atoms with E-state index in [1.54, 1.807) is 0 Å². The fourth-order valence-electron chi connectivity index (χ4n) is 1.79. The fraction of sp³-hybridized carbons (Fsp3) is 0.357. The van der Waals surface area contributed by atoms with Crippen LogP contribution in [0.4, 0.5) is 11.9 Å². The molecule has 0 saturated heterocycles. The lowest BCUT2D eigenvalue weighted by atomic mass is 10.0. The summed E-state index contributed by atoms with van der Waals surface area (Å²) in [6.07, 6.45) is 0. The van der Waals surface area contributed by atoms with E-state index in [4.69, 9.17) is 10.5 Å². The van der Waals surface area contributed by atoms with Gasteiger partial charge in [0.15, 0.2) is 0 Å². The first-order chi connectivity index (χ1) is 9.69. The lowest BCUT2D eigenvalue weighted by molar-refractivity contribution is 0.312. The van der Waals surface area contributed by atoms with E-state index in [0.29, 0.717) is 25.0 Å². The Kier molecular flexibility index (Phi) is 4.70. The molecule has 0 aliphatic heterocycles. The Bertz CT molecular complexity index is 547. The molecule has 6 nitrogen and oxygen atoms in total. The molecule has 106 valence electrons. The summed E-state index contributed by atoms with van der Waals surface area (Å²) in [7, 11) is 0. The van der Waals surface area contributed by atoms with Crippen molar-refractivity contribution in [1.82, 2.24) is 15.0 Å². The van der Waals surface area contributed by atoms with Crippen LogP contribution in [0.25, 0.3) is 0 Å². The highest BCUT2D eigenvalue weighted by atomic mass is 16.5. The normalized spacial score (nSPS) is 11.9. The zero-order chi connectivity index (χ0) is 14.4. The predicted molar refractivity (Wildman–Crippen MR) is 78.8 cm³/mol. The third-order valence-electron chi connectivity index (χ3n) is 2.84. The number of nitrogen functional groups attached to an aromatic ring is 1. The standard InChI is InChI=1S/C14H19N5O/c1-3-20-14-18-12(15)17-13(19-14)16-9-10(2)11-7-5-4-6-8-11/h4-8,10H,3,9H2,1-2H3,(H3,15,16,17,18,19). The fourth-order valence-corrected chi connectivity index (χ4v) is 1.79. The van der Waals surface area contributed by atoms with E-state index in [2.05, 4.69) is 39.3 Å². The zero-order valence-electron chi connectivity index (χ0n) is 11.7. The number of rotatable bonds is 6. The second-order valence-electron chi connectivity index (χ2n) is 4.43. The van der Waals surface area contributed by atoms with Crippen molar-refractivity contribution >= 4 is 11.9 Å². The van der Waals surface area contributed by atoms with Gasteiger partial charge in [0.2, 0.25) is 11.9 Å². The Morgan fingerprint density at radius 2 is 1.95 bits per heavy atom. The Balaban J connectivity index is 2.00. The smallest absolute Gasteiger partial charge is 0.323 e. The summed E-state index contributed by atoms with van der Waals surface area (Å²) >= 11 is 0. The number of hydrogen-bond acceptors (Lipinski definition) is 6. The molecule has 0 spiro atoms. The molecule has 2 rings (SSSR count). The molecular formula is C14H19N5O. The van der Waals surface area contributed by atoms with E-state index < -0.39 is 0 Å². The average molecular weight is 273 g/mol. The first-order valence-electron chi connectivity index (χ1n) is 6.62. The van der Waals surface area contributed by atoms with Crippen LogP contribution < -0.4 is 15.8 Å². The quantitative estimate of drug-likeness (QED) is 0.838. The van der Waals surface area contributed by atoms with Gasteiger partial charge in [0.1, 0.15) is 0 Å². The van der Waals surface area contributed by atoms with Crippen molar-refractivity contribution in [3.8, 4) is 6.01 Å². The van der Waals surface area contributed by atoms with Gasteiger partial charge in [-0.2, -0.15) is 15.0 Å². The van der Waals surface area contributed by atoms with Gasteiger partial charge in [0, 0.05) is 6.54 Å². The number of nitrogens with zero attached hydrogens (tertiary/aromatic N) is 3. The van der Waals surface area contributed by atoms with Crippen LogP contribution in [0.5, 0.6) is 6.01 Å². The molecule has 1 atom stereocenters. The summed E-state index contributed by atoms with van der Waals surface area (Å²) in [5.41, 5.74) is 6.88. The first-order valence-corrected chi connectivity index (χ1v) is 6.62. The Morgan fingerprint density at radius 1 is 1.20 bits per heavy atom. The van der Waals surface area contributed by atoms with Crippen LogP contribution >= 0.6 is 0 Å². The monoisotopic (exact) mass is 273 g/mol. The van der Waals surface area contributed by atoms with Crippen LogP contribution in [0.15, 0.2) is 30.3 Å². The van der Waals surface area contributed by atoms with Gasteiger partial charge in [0.25, 0.3) is 0 Å². The van der Waals surface area contributed by atoms with Crippen LogP contribution in [0.1, 0.15) is 25.3 Å². The van der Waals surface area contributed by atoms with Crippen molar-refractivity contribution in [3.63, 3.8) is 0 Å². The molecule has 1 heterocycles. The number of benzene rings is 1. The van der Waals surface area contributed by atoms with Gasteiger partial charge in [-0.05, 0) is 18.4 Å². The highest BCUT2D eigenvalue weighted by Gasteiger charge is 2.08. The summed E-state index contributed by atoms with van der Waals surface area (Å²) in [5.74, 6) is 0.923. The molecule has 0 aliphatic rings. The van der Waals surface area contributed by atoms with Gasteiger partial charge in [-0.15, -0.1) is 0 Å². The Labute approximate surface area is 118 Å². The topological polar surface area (TPSA) is 86.0 Å². The lowest BCUT2D eigenvalue weighted by Crippen LogP contribution is -2.14. The molecule has 2 aromatic rings. The third kappa shape index (κ3) is 3.81. The summed E-state index contributed by atoms with van der Waals surface area (Å²) in [5, 5.41) is 3.16. The van der Waals surface area contributed by atoms with E-state index in [-0.39, 0.29) is 12.0 Å². The van der Waals surface area contributed by atoms with Gasteiger partial charge >= 0.3 is 6.01 Å². The second-order valence-corrected chi connectivity index (χ2v) is 4.43. The molecule has 0 amide bonds. The van der Waals surface area contributed by atoms with Gasteiger partial charge in [0.05, 0.1) is 6.61 Å². The van der Waals surface area contributed by atoms with Crippen molar-refractivity contribution in [2.45, 2.75) is 19.8 Å². The third-order valence-corrected chi connectivity index (χ3v) is 2.84. The lowest BCUT2D eigenvalue weighted by Gasteiger charge is -2.13. The summed E-state index contributed by atoms with van der Waals surface area (Å²) < 4.78 is 5.24. The molecule has 3 N–H and O–H groups in total. The molecule has 0 bridgehead atoms. The van der Waals surface area contributed by atoms with Crippen LogP contribution in [0, 0.1) is 0 Å². The molecule has 0 saturated carbocycles. The number of hydrogen-bond donors (Lipinski definition) is 2. The van der Waals surface area contributed by atoms with E-state index in [9.17, 15) is 0 Å². The molecule has 0 aliphatic carbocycles. The molecule has 0 fully saturated rings. The second kappa shape index (κ2) is 6.70. The predicted octanol–water partition coefficient (Wildman–Crippen LogP) is 2.07. The minimum Gasteiger partial charge on any atom is -0.464 e. The largest absolute Gasteiger partial charge is 0.464 e. The maximum atomic E-state index is 5.62. The molecule has 0 radical (unpaired) electrons. The Morgan fingerprint density at radius 3 is 2.65 bits per heavy atom. The summed E-state index contributed by atoms with van der Waals surface area (Å²) in [6.45, 7) is 5.20. The zero-order valence-corrected chi connectivity index (χ0v) is 11.7. The minimum absolute atomic E-state index is 0.151. The molecule has 1 aromatic carbocycles. The maximum Gasteiger partial charge on any atom is 0.323 e. The number of ether oxygens (including phenoxy) is 1. The van der Waals surface area contributed by atoms with Crippen LogP contribution in [0.2, 0.25) is 0 Å².